The number of halogens is 1. The molecular weight excluding hydrogens is 415 g/mol. The van der Waals surface area contributed by atoms with Crippen molar-refractivity contribution in [1.82, 2.24) is 30.6 Å². The molecule has 1 aliphatic heterocycles. The molecule has 10 heteroatoms. The van der Waals surface area contributed by atoms with Crippen LogP contribution in [0.15, 0.2) is 49.2 Å². The molecule has 0 aliphatic carbocycles. The Morgan fingerprint density at radius 1 is 1.25 bits per heavy atom. The van der Waals surface area contributed by atoms with Gasteiger partial charge in [-0.1, -0.05) is 0 Å². The summed E-state index contributed by atoms with van der Waals surface area (Å²) in [6, 6.07) is 4.68. The second-order valence-electron chi connectivity index (χ2n) is 7.14. The lowest BCUT2D eigenvalue weighted by molar-refractivity contribution is 0.0892. The van der Waals surface area contributed by atoms with Crippen LogP contribution >= 0.6 is 0 Å². The lowest BCUT2D eigenvalue weighted by atomic mass is 10.1. The van der Waals surface area contributed by atoms with E-state index >= 15 is 0 Å². The van der Waals surface area contributed by atoms with E-state index in [1.807, 2.05) is 6.92 Å². The van der Waals surface area contributed by atoms with Crippen LogP contribution in [-0.2, 0) is 0 Å². The summed E-state index contributed by atoms with van der Waals surface area (Å²) in [5, 5.41) is 5.76. The number of nitrogens with one attached hydrogen (secondary N) is 2. The molecule has 1 saturated heterocycles. The van der Waals surface area contributed by atoms with Gasteiger partial charge in [-0.2, -0.15) is 0 Å². The maximum absolute atomic E-state index is 14.0. The highest BCUT2D eigenvalue weighted by molar-refractivity contribution is 5.94. The van der Waals surface area contributed by atoms with Gasteiger partial charge in [0.1, 0.15) is 11.9 Å². The highest BCUT2D eigenvalue weighted by atomic mass is 19.1. The molecule has 2 N–H and O–H groups in total. The molecule has 1 fully saturated rings. The van der Waals surface area contributed by atoms with Crippen LogP contribution in [0.3, 0.4) is 0 Å². The molecule has 166 valence electrons. The first-order chi connectivity index (χ1) is 15.6. The lowest BCUT2D eigenvalue weighted by Gasteiger charge is -2.27. The molecule has 3 aromatic rings. The molecule has 0 saturated carbocycles. The normalized spacial score (nSPS) is 18.1. The van der Waals surface area contributed by atoms with Crippen molar-refractivity contribution >= 4 is 5.91 Å². The first-order valence-electron chi connectivity index (χ1n) is 10.3. The molecule has 0 unspecified atom stereocenters. The van der Waals surface area contributed by atoms with Crippen LogP contribution in [0.1, 0.15) is 23.7 Å². The smallest absolute Gasteiger partial charge is 0.262 e. The number of hydrogen-bond acceptors (Lipinski definition) is 8. The molecule has 4 heterocycles. The minimum Gasteiger partial charge on any atom is -0.488 e. The fourth-order valence-electron chi connectivity index (χ4n) is 3.24. The predicted molar refractivity (Wildman–Crippen MR) is 114 cm³/mol. The maximum atomic E-state index is 14.0. The van der Waals surface area contributed by atoms with Crippen molar-refractivity contribution in [2.45, 2.75) is 25.6 Å². The molecule has 32 heavy (non-hydrogen) atoms. The van der Waals surface area contributed by atoms with E-state index in [4.69, 9.17) is 9.47 Å². The highest BCUT2D eigenvalue weighted by Gasteiger charge is 2.26. The van der Waals surface area contributed by atoms with E-state index in [0.717, 1.165) is 0 Å². The monoisotopic (exact) mass is 438 g/mol. The number of aromatic nitrogens is 4. The Morgan fingerprint density at radius 3 is 2.88 bits per heavy atom. The van der Waals surface area contributed by atoms with Crippen LogP contribution in [0.2, 0.25) is 0 Å². The Labute approximate surface area is 184 Å². The zero-order valence-electron chi connectivity index (χ0n) is 17.5. The summed E-state index contributed by atoms with van der Waals surface area (Å²) < 4.78 is 25.3. The van der Waals surface area contributed by atoms with Gasteiger partial charge in [-0.05, 0) is 38.1 Å². The number of nitrogens with zero attached hydrogens (tertiary/aromatic N) is 4. The van der Waals surface area contributed by atoms with Gasteiger partial charge in [0.15, 0.2) is 11.6 Å². The van der Waals surface area contributed by atoms with Gasteiger partial charge in [-0.25, -0.2) is 19.3 Å². The predicted octanol–water partition coefficient (Wildman–Crippen LogP) is 2.55. The summed E-state index contributed by atoms with van der Waals surface area (Å²) in [6.45, 7) is 3.36. The second-order valence-corrected chi connectivity index (χ2v) is 7.14. The minimum atomic E-state index is -1.07. The fraction of sp³-hybridized carbons (Fsp3) is 0.318. The second kappa shape index (κ2) is 10.1. The van der Waals surface area contributed by atoms with E-state index in [9.17, 15) is 9.18 Å². The van der Waals surface area contributed by atoms with E-state index < -0.39 is 18.1 Å². The number of rotatable bonds is 7. The Bertz CT molecular complexity index is 1070. The van der Waals surface area contributed by atoms with E-state index in [1.54, 1.807) is 36.8 Å². The van der Waals surface area contributed by atoms with Crippen molar-refractivity contribution in [3.63, 3.8) is 0 Å². The molecular formula is C22H23FN6O3. The van der Waals surface area contributed by atoms with Crippen molar-refractivity contribution in [2.75, 3.05) is 19.7 Å². The third-order valence-corrected chi connectivity index (χ3v) is 4.85. The number of carbonyl (C=O) groups excluding carboxylic acids is 1. The first kappa shape index (κ1) is 21.6. The van der Waals surface area contributed by atoms with Gasteiger partial charge < -0.3 is 20.1 Å². The van der Waals surface area contributed by atoms with Gasteiger partial charge in [0.05, 0.1) is 24.4 Å². The van der Waals surface area contributed by atoms with Crippen molar-refractivity contribution in [3.8, 4) is 28.8 Å². The average Bonchev–Trinajstić information content (AvgIpc) is 2.82. The summed E-state index contributed by atoms with van der Waals surface area (Å²) in [7, 11) is 0. The van der Waals surface area contributed by atoms with Crippen molar-refractivity contribution in [2.24, 2.45) is 0 Å². The number of carbonyl (C=O) groups is 1. The fourth-order valence-corrected chi connectivity index (χ4v) is 3.24. The molecule has 3 aromatic heterocycles. The molecule has 0 aromatic carbocycles. The number of hydrogen-bond donors (Lipinski definition) is 2. The zero-order chi connectivity index (χ0) is 22.3. The summed E-state index contributed by atoms with van der Waals surface area (Å²) in [5.41, 5.74) is 0.852. The number of pyridine rings is 2. The average molecular weight is 438 g/mol. The standard InChI is InChI=1S/C22H23FN6O3/c1-2-31-19-4-3-6-26-22(19)32-16-8-14(9-25-12-16)20-27-10-15(11-28-20)21(30)29-18-13-24-7-5-17(18)23/h3-4,6,8-12,17-18,24H,2,5,7,13H2,1H3,(H,29,30)/t17-,18-/m0/s1. The Balaban J connectivity index is 1.46. The maximum Gasteiger partial charge on any atom is 0.262 e. The molecule has 9 nitrogen and oxygen atoms in total. The third-order valence-electron chi connectivity index (χ3n) is 4.85. The topological polar surface area (TPSA) is 111 Å². The van der Waals surface area contributed by atoms with Crippen LogP contribution in [0.4, 0.5) is 4.39 Å². The number of amides is 1. The molecule has 0 spiro atoms. The molecule has 0 radical (unpaired) electrons. The summed E-state index contributed by atoms with van der Waals surface area (Å²) >= 11 is 0. The van der Waals surface area contributed by atoms with Crippen LogP contribution in [0, 0.1) is 0 Å². The minimum absolute atomic E-state index is 0.252. The van der Waals surface area contributed by atoms with E-state index in [-0.39, 0.29) is 5.56 Å². The van der Waals surface area contributed by atoms with Gasteiger partial charge in [0.25, 0.3) is 11.8 Å². The summed E-state index contributed by atoms with van der Waals surface area (Å²) in [5.74, 6) is 1.24. The quantitative estimate of drug-likeness (QED) is 0.579. The largest absolute Gasteiger partial charge is 0.488 e. The van der Waals surface area contributed by atoms with E-state index in [2.05, 4.69) is 30.6 Å². The van der Waals surface area contributed by atoms with Gasteiger partial charge in [0, 0.05) is 36.9 Å². The van der Waals surface area contributed by atoms with E-state index in [0.29, 0.717) is 54.9 Å². The van der Waals surface area contributed by atoms with E-state index in [1.165, 1.54) is 12.4 Å². The molecule has 1 aliphatic rings. The van der Waals surface area contributed by atoms with Crippen LogP contribution in [0.25, 0.3) is 11.4 Å². The SMILES string of the molecule is CCOc1cccnc1Oc1cncc(-c2ncc(C(=O)N[C@H]3CNCC[C@@H]3F)cn2)c1. The third kappa shape index (κ3) is 5.14. The first-order valence-corrected chi connectivity index (χ1v) is 10.3. The molecule has 4 rings (SSSR count). The zero-order valence-corrected chi connectivity index (χ0v) is 17.5. The Morgan fingerprint density at radius 2 is 2.09 bits per heavy atom. The molecule has 0 bridgehead atoms. The van der Waals surface area contributed by atoms with Crippen LogP contribution < -0.4 is 20.1 Å². The Kier molecular flexibility index (Phi) is 6.81. The molecule has 2 atom stereocenters. The highest BCUT2D eigenvalue weighted by Crippen LogP contribution is 2.30. The Hall–Kier alpha value is -3.66. The van der Waals surface area contributed by atoms with Crippen molar-refractivity contribution in [3.05, 3.63) is 54.7 Å². The van der Waals surface area contributed by atoms with Crippen molar-refractivity contribution in [1.29, 1.82) is 0 Å². The van der Waals surface area contributed by atoms with Gasteiger partial charge in [-0.15, -0.1) is 0 Å². The van der Waals surface area contributed by atoms with Crippen LogP contribution in [-0.4, -0.2) is 57.8 Å². The number of ether oxygens (including phenoxy) is 2. The van der Waals surface area contributed by atoms with Gasteiger partial charge in [-0.3, -0.25) is 9.78 Å². The van der Waals surface area contributed by atoms with Gasteiger partial charge >= 0.3 is 0 Å². The lowest BCUT2D eigenvalue weighted by Crippen LogP contribution is -2.52. The van der Waals surface area contributed by atoms with Crippen molar-refractivity contribution < 1.29 is 18.7 Å². The summed E-state index contributed by atoms with van der Waals surface area (Å²) in [6.07, 6.45) is 6.84. The number of piperidine rings is 1. The molecule has 1 amide bonds. The van der Waals surface area contributed by atoms with Crippen LogP contribution in [0.5, 0.6) is 17.4 Å². The number of alkyl halides is 1. The van der Waals surface area contributed by atoms with Gasteiger partial charge in [0.2, 0.25) is 0 Å². The summed E-state index contributed by atoms with van der Waals surface area (Å²) in [4.78, 5) is 29.3.